The predicted octanol–water partition coefficient (Wildman–Crippen LogP) is 7.46. The molecule has 0 saturated carbocycles. The van der Waals surface area contributed by atoms with E-state index in [0.29, 0.717) is 28.8 Å². The van der Waals surface area contributed by atoms with Gasteiger partial charge in [0, 0.05) is 36.0 Å². The van der Waals surface area contributed by atoms with Crippen molar-refractivity contribution in [2.45, 2.75) is 37.3 Å². The van der Waals surface area contributed by atoms with E-state index in [0.717, 1.165) is 38.8 Å². The molecule has 0 unspecified atom stereocenters. The molecule has 248 valence electrons. The van der Waals surface area contributed by atoms with Gasteiger partial charge in [-0.05, 0) is 61.9 Å². The van der Waals surface area contributed by atoms with Crippen LogP contribution in [0.3, 0.4) is 0 Å². The molecule has 0 spiro atoms. The number of hydrogen-bond donors (Lipinski definition) is 0. The second-order valence-electron chi connectivity index (χ2n) is 12.6. The summed E-state index contributed by atoms with van der Waals surface area (Å²) >= 11 is 13.3. The summed E-state index contributed by atoms with van der Waals surface area (Å²) in [6.45, 7) is 13.2. The molecule has 1 atom stereocenters. The quantitative estimate of drug-likeness (QED) is 0.148. The van der Waals surface area contributed by atoms with Crippen molar-refractivity contribution in [1.82, 2.24) is 19.8 Å². The average Bonchev–Trinajstić information content (AvgIpc) is 3.66. The third-order valence-electron chi connectivity index (χ3n) is 9.91. The number of carbonyl (C=O) groups excluding carboxylic acids is 1. The van der Waals surface area contributed by atoms with Crippen molar-refractivity contribution in [3.05, 3.63) is 81.9 Å². The van der Waals surface area contributed by atoms with Crippen LogP contribution in [0.25, 0.3) is 37.6 Å². The van der Waals surface area contributed by atoms with E-state index in [1.165, 1.54) is 11.0 Å². The van der Waals surface area contributed by atoms with Crippen LogP contribution < -0.4 is 9.64 Å². The molecule has 0 aliphatic carbocycles. The Balaban J connectivity index is 1.37. The standard InChI is InChI=1S/C35H31Cl2F3N6O2/c1-20(38)33(47)46-15-14-44(18-22(46)17-41-2)32-24-16-25(36)28(23-7-3-6-21-8-9-26(39)29(37)27(21)23)30(40)31(24)42-34(43-32)48-19-35-10-4-12-45(35)13-5-11-35/h3,6-9,16,22H,1,4-5,10-15,17-19H2/t22-/m0/s1. The Morgan fingerprint density at radius 2 is 1.88 bits per heavy atom. The monoisotopic (exact) mass is 694 g/mol. The Kier molecular flexibility index (Phi) is 8.60. The summed E-state index contributed by atoms with van der Waals surface area (Å²) in [7, 11) is 0. The lowest BCUT2D eigenvalue weighted by Crippen LogP contribution is -2.56. The van der Waals surface area contributed by atoms with Gasteiger partial charge in [0.2, 0.25) is 6.54 Å². The molecule has 3 fully saturated rings. The zero-order valence-electron chi connectivity index (χ0n) is 25.9. The maximum atomic E-state index is 17.0. The van der Waals surface area contributed by atoms with E-state index < -0.39 is 29.4 Å². The summed E-state index contributed by atoms with van der Waals surface area (Å²) in [4.78, 5) is 30.9. The van der Waals surface area contributed by atoms with Crippen molar-refractivity contribution in [2.75, 3.05) is 50.8 Å². The lowest BCUT2D eigenvalue weighted by atomic mass is 9.95. The van der Waals surface area contributed by atoms with Gasteiger partial charge in [0.1, 0.15) is 29.8 Å². The number of piperazine rings is 1. The van der Waals surface area contributed by atoms with E-state index >= 15 is 4.39 Å². The van der Waals surface area contributed by atoms with E-state index in [9.17, 15) is 13.6 Å². The molecule has 0 bridgehead atoms. The number of nitrogens with zero attached hydrogens (tertiary/aromatic N) is 6. The Hall–Kier alpha value is -4.11. The highest BCUT2D eigenvalue weighted by Crippen LogP contribution is 2.44. The number of amides is 1. The maximum Gasteiger partial charge on any atom is 0.319 e. The fourth-order valence-corrected chi connectivity index (χ4v) is 8.19. The topological polar surface area (TPSA) is 66.2 Å². The summed E-state index contributed by atoms with van der Waals surface area (Å²) in [5.74, 6) is -3.09. The number of aromatic nitrogens is 2. The molecule has 4 heterocycles. The number of halogens is 5. The number of anilines is 1. The highest BCUT2D eigenvalue weighted by atomic mass is 35.5. The van der Waals surface area contributed by atoms with Crippen molar-refractivity contribution < 1.29 is 22.7 Å². The lowest BCUT2D eigenvalue weighted by molar-refractivity contribution is -0.131. The number of benzene rings is 3. The van der Waals surface area contributed by atoms with E-state index in [1.807, 2.05) is 4.90 Å². The van der Waals surface area contributed by atoms with E-state index in [4.69, 9.17) is 39.5 Å². The Bertz CT molecular complexity index is 2010. The molecule has 48 heavy (non-hydrogen) atoms. The fourth-order valence-electron chi connectivity index (χ4n) is 7.62. The molecular weight excluding hydrogens is 664 g/mol. The van der Waals surface area contributed by atoms with E-state index in [-0.39, 0.29) is 64.2 Å². The van der Waals surface area contributed by atoms with Crippen molar-refractivity contribution in [2.24, 2.45) is 0 Å². The van der Waals surface area contributed by atoms with Gasteiger partial charge in [-0.2, -0.15) is 9.97 Å². The number of rotatable bonds is 7. The average molecular weight is 696 g/mol. The minimum absolute atomic E-state index is 0.00280. The van der Waals surface area contributed by atoms with Crippen LogP contribution in [-0.4, -0.2) is 83.1 Å². The molecule has 1 aromatic heterocycles. The van der Waals surface area contributed by atoms with Crippen LogP contribution in [0.1, 0.15) is 25.7 Å². The molecule has 3 aliphatic rings. The van der Waals surface area contributed by atoms with Crippen molar-refractivity contribution >= 4 is 56.6 Å². The largest absolute Gasteiger partial charge is 0.461 e. The number of fused-ring (bicyclic) bond motifs is 3. The van der Waals surface area contributed by atoms with Gasteiger partial charge < -0.3 is 19.4 Å². The van der Waals surface area contributed by atoms with Crippen LogP contribution in [0.5, 0.6) is 6.01 Å². The van der Waals surface area contributed by atoms with Crippen LogP contribution >= 0.6 is 23.2 Å². The first-order valence-electron chi connectivity index (χ1n) is 15.8. The number of hydrogen-bond acceptors (Lipinski definition) is 6. The summed E-state index contributed by atoms with van der Waals surface area (Å²) in [6, 6.07) is 8.75. The Labute approximate surface area is 285 Å². The Morgan fingerprint density at radius 1 is 1.10 bits per heavy atom. The molecule has 8 nitrogen and oxygen atoms in total. The van der Waals surface area contributed by atoms with E-state index in [1.54, 1.807) is 30.3 Å². The van der Waals surface area contributed by atoms with Crippen molar-refractivity contribution in [3.63, 3.8) is 0 Å². The predicted molar refractivity (Wildman–Crippen MR) is 180 cm³/mol. The second kappa shape index (κ2) is 12.7. The van der Waals surface area contributed by atoms with E-state index in [2.05, 4.69) is 21.3 Å². The molecule has 13 heteroatoms. The minimum atomic E-state index is -1.11. The molecule has 3 saturated heterocycles. The van der Waals surface area contributed by atoms with Gasteiger partial charge in [0.15, 0.2) is 11.6 Å². The van der Waals surface area contributed by atoms with Crippen LogP contribution in [0.4, 0.5) is 19.0 Å². The molecule has 4 aromatic rings. The lowest BCUT2D eigenvalue weighted by Gasteiger charge is -2.39. The Morgan fingerprint density at radius 3 is 2.60 bits per heavy atom. The molecule has 0 N–H and O–H groups in total. The summed E-state index contributed by atoms with van der Waals surface area (Å²) < 4.78 is 51.8. The fraction of sp³-hybridized carbons (Fsp3) is 0.371. The molecule has 7 rings (SSSR count). The normalized spacial score (nSPS) is 19.1. The summed E-state index contributed by atoms with van der Waals surface area (Å²) in [5, 5.41) is 1.07. The van der Waals surface area contributed by atoms with Gasteiger partial charge in [-0.1, -0.05) is 54.0 Å². The van der Waals surface area contributed by atoms with Gasteiger partial charge in [0.05, 0.1) is 15.6 Å². The highest BCUT2D eigenvalue weighted by Gasteiger charge is 2.45. The molecule has 3 aliphatic heterocycles. The maximum absolute atomic E-state index is 17.0. The minimum Gasteiger partial charge on any atom is -0.461 e. The first kappa shape index (κ1) is 32.4. The number of carbonyl (C=O) groups is 1. The van der Waals surface area contributed by atoms with Crippen LogP contribution in [0.15, 0.2) is 48.8 Å². The second-order valence-corrected chi connectivity index (χ2v) is 13.4. The smallest absolute Gasteiger partial charge is 0.319 e. The third kappa shape index (κ3) is 5.50. The van der Waals surface area contributed by atoms with Gasteiger partial charge in [-0.25, -0.2) is 19.7 Å². The zero-order chi connectivity index (χ0) is 33.7. The molecule has 1 amide bonds. The molecular formula is C35H31Cl2F3N6O2. The van der Waals surface area contributed by atoms with Crippen molar-refractivity contribution in [3.8, 4) is 17.1 Å². The highest BCUT2D eigenvalue weighted by molar-refractivity contribution is 6.38. The van der Waals surface area contributed by atoms with Gasteiger partial charge in [-0.15, -0.1) is 0 Å². The van der Waals surface area contributed by atoms with Gasteiger partial charge >= 0.3 is 6.01 Å². The van der Waals surface area contributed by atoms with Crippen LogP contribution in [-0.2, 0) is 4.79 Å². The van der Waals surface area contributed by atoms with Gasteiger partial charge in [-0.3, -0.25) is 9.69 Å². The first-order chi connectivity index (χ1) is 23.1. The van der Waals surface area contributed by atoms with Crippen LogP contribution in [0, 0.1) is 18.2 Å². The van der Waals surface area contributed by atoms with Crippen LogP contribution in [0.2, 0.25) is 10.0 Å². The zero-order valence-corrected chi connectivity index (χ0v) is 27.4. The number of ether oxygens (including phenoxy) is 1. The molecule has 0 radical (unpaired) electrons. The first-order valence-corrected chi connectivity index (χ1v) is 16.6. The molecule has 3 aromatic carbocycles. The third-order valence-corrected chi connectivity index (χ3v) is 10.6. The summed E-state index contributed by atoms with van der Waals surface area (Å²) in [6.07, 6.45) is 4.09. The SMILES string of the molecule is [C-]#[N+]C[C@H]1CN(c2nc(OCC34CCCN3CCC4)nc3c(F)c(-c4cccc5ccc(F)c(Cl)c45)c(Cl)cc23)CCN1C(=O)C(=C)F. The van der Waals surface area contributed by atoms with Gasteiger partial charge in [0.25, 0.3) is 5.91 Å². The van der Waals surface area contributed by atoms with Crippen molar-refractivity contribution in [1.29, 1.82) is 0 Å². The summed E-state index contributed by atoms with van der Waals surface area (Å²) in [5.41, 5.74) is 0.0969.